The van der Waals surface area contributed by atoms with Gasteiger partial charge in [0.15, 0.2) is 11.5 Å². The molecule has 5 rings (SSSR count). The van der Waals surface area contributed by atoms with E-state index in [1.165, 1.54) is 25.2 Å². The van der Waals surface area contributed by atoms with Crippen LogP contribution in [0.25, 0.3) is 10.9 Å². The summed E-state index contributed by atoms with van der Waals surface area (Å²) >= 11 is 0. The van der Waals surface area contributed by atoms with Crippen LogP contribution in [-0.4, -0.2) is 48.0 Å². The molecule has 35 heavy (non-hydrogen) atoms. The molecule has 3 aromatic rings. The molecule has 0 radical (unpaired) electrons. The first-order chi connectivity index (χ1) is 17.0. The van der Waals surface area contributed by atoms with Crippen molar-refractivity contribution < 1.29 is 23.9 Å². The van der Waals surface area contributed by atoms with Crippen molar-refractivity contribution in [1.82, 2.24) is 20.5 Å². The monoisotopic (exact) mass is 476 g/mol. The molecule has 1 fully saturated rings. The standard InChI is InChI=1S/C26H28N4O5/c1-34-21-11-10-15(12-22(21)35-2)14-30-25(32)20(29-26(30)33)13-23(31)27-19-9-5-7-17-16-6-3-4-8-18(16)28-24(17)19/h3-4,6,8,10-12,19-20,28H,5,7,9,13-14H2,1-2H3,(H,27,31)(H,29,33)/t19?,20-/m1/s1. The number of fused-ring (bicyclic) bond motifs is 3. The van der Waals surface area contributed by atoms with Crippen LogP contribution in [0, 0.1) is 0 Å². The van der Waals surface area contributed by atoms with Crippen molar-refractivity contribution in [3.8, 4) is 11.5 Å². The van der Waals surface area contributed by atoms with E-state index in [-0.39, 0.29) is 24.9 Å². The molecule has 182 valence electrons. The van der Waals surface area contributed by atoms with Crippen molar-refractivity contribution in [2.24, 2.45) is 0 Å². The molecule has 1 saturated heterocycles. The summed E-state index contributed by atoms with van der Waals surface area (Å²) in [5.74, 6) is 0.378. The number of methoxy groups -OCH3 is 2. The Kier molecular flexibility index (Phi) is 6.07. The fraction of sp³-hybridized carbons (Fsp3) is 0.346. The molecule has 9 nitrogen and oxygen atoms in total. The van der Waals surface area contributed by atoms with Gasteiger partial charge in [0.1, 0.15) is 6.04 Å². The fourth-order valence-corrected chi connectivity index (χ4v) is 5.02. The molecule has 2 atom stereocenters. The van der Waals surface area contributed by atoms with Gasteiger partial charge in [-0.2, -0.15) is 0 Å². The van der Waals surface area contributed by atoms with Gasteiger partial charge in [0, 0.05) is 16.6 Å². The number of benzene rings is 2. The Bertz CT molecular complexity index is 1300. The molecule has 3 N–H and O–H groups in total. The maximum atomic E-state index is 12.9. The van der Waals surface area contributed by atoms with E-state index in [1.807, 2.05) is 18.2 Å². The number of hydrogen-bond acceptors (Lipinski definition) is 5. The third kappa shape index (κ3) is 4.29. The maximum Gasteiger partial charge on any atom is 0.325 e. The van der Waals surface area contributed by atoms with Crippen molar-refractivity contribution >= 4 is 28.7 Å². The number of amides is 4. The van der Waals surface area contributed by atoms with Crippen LogP contribution in [0.15, 0.2) is 42.5 Å². The van der Waals surface area contributed by atoms with Gasteiger partial charge in [-0.3, -0.25) is 14.5 Å². The molecule has 1 aromatic heterocycles. The number of carbonyl (C=O) groups is 3. The van der Waals surface area contributed by atoms with Gasteiger partial charge in [0.25, 0.3) is 5.91 Å². The maximum absolute atomic E-state index is 12.9. The summed E-state index contributed by atoms with van der Waals surface area (Å²) < 4.78 is 10.5. The zero-order chi connectivity index (χ0) is 24.5. The molecular formula is C26H28N4O5. The third-order valence-electron chi connectivity index (χ3n) is 6.74. The summed E-state index contributed by atoms with van der Waals surface area (Å²) in [4.78, 5) is 42.9. The Balaban J connectivity index is 1.24. The normalized spacial score (nSPS) is 19.4. The number of nitrogens with zero attached hydrogens (tertiary/aromatic N) is 1. The number of aromatic amines is 1. The third-order valence-corrected chi connectivity index (χ3v) is 6.74. The second-order valence-electron chi connectivity index (χ2n) is 8.90. The van der Waals surface area contributed by atoms with Crippen LogP contribution < -0.4 is 20.1 Å². The zero-order valence-electron chi connectivity index (χ0n) is 19.7. The summed E-state index contributed by atoms with van der Waals surface area (Å²) in [6.07, 6.45) is 2.65. The van der Waals surface area contributed by atoms with Crippen molar-refractivity contribution in [2.45, 2.75) is 44.3 Å². The average Bonchev–Trinajstić information content (AvgIpc) is 3.37. The van der Waals surface area contributed by atoms with Gasteiger partial charge in [-0.05, 0) is 48.6 Å². The van der Waals surface area contributed by atoms with Crippen LogP contribution in [-0.2, 0) is 22.6 Å². The minimum Gasteiger partial charge on any atom is -0.493 e. The highest BCUT2D eigenvalue weighted by atomic mass is 16.5. The summed E-state index contributed by atoms with van der Waals surface area (Å²) in [5.41, 5.74) is 4.04. The van der Waals surface area contributed by atoms with E-state index in [9.17, 15) is 14.4 Å². The molecule has 1 unspecified atom stereocenters. The van der Waals surface area contributed by atoms with Gasteiger partial charge in [-0.15, -0.1) is 0 Å². The van der Waals surface area contributed by atoms with Crippen molar-refractivity contribution in [3.05, 3.63) is 59.3 Å². The van der Waals surface area contributed by atoms with Gasteiger partial charge in [0.05, 0.1) is 33.2 Å². The Labute approximate surface area is 202 Å². The molecule has 2 heterocycles. The number of imide groups is 1. The topological polar surface area (TPSA) is 113 Å². The number of aromatic nitrogens is 1. The summed E-state index contributed by atoms with van der Waals surface area (Å²) in [7, 11) is 3.06. The van der Waals surface area contributed by atoms with E-state index in [4.69, 9.17) is 9.47 Å². The first-order valence-corrected chi connectivity index (χ1v) is 11.7. The highest BCUT2D eigenvalue weighted by Crippen LogP contribution is 2.35. The number of carbonyl (C=O) groups excluding carboxylic acids is 3. The van der Waals surface area contributed by atoms with Crippen LogP contribution >= 0.6 is 0 Å². The summed E-state index contributed by atoms with van der Waals surface area (Å²) in [6.45, 7) is 0.0736. The van der Waals surface area contributed by atoms with Crippen molar-refractivity contribution in [1.29, 1.82) is 0 Å². The van der Waals surface area contributed by atoms with Gasteiger partial charge >= 0.3 is 6.03 Å². The zero-order valence-corrected chi connectivity index (χ0v) is 19.7. The minimum atomic E-state index is -0.895. The predicted molar refractivity (Wildman–Crippen MR) is 129 cm³/mol. The molecule has 1 aliphatic heterocycles. The van der Waals surface area contributed by atoms with Crippen LogP contribution in [0.2, 0.25) is 0 Å². The van der Waals surface area contributed by atoms with E-state index in [0.29, 0.717) is 17.1 Å². The second kappa shape index (κ2) is 9.32. The Morgan fingerprint density at radius 2 is 1.91 bits per heavy atom. The number of urea groups is 1. The molecule has 4 amide bonds. The van der Waals surface area contributed by atoms with Crippen LogP contribution in [0.5, 0.6) is 11.5 Å². The fourth-order valence-electron chi connectivity index (χ4n) is 5.02. The van der Waals surface area contributed by atoms with Crippen LogP contribution in [0.1, 0.15) is 42.1 Å². The second-order valence-corrected chi connectivity index (χ2v) is 8.90. The van der Waals surface area contributed by atoms with Crippen molar-refractivity contribution in [3.63, 3.8) is 0 Å². The van der Waals surface area contributed by atoms with E-state index in [2.05, 4.69) is 21.7 Å². The lowest BCUT2D eigenvalue weighted by Crippen LogP contribution is -2.38. The lowest BCUT2D eigenvalue weighted by Gasteiger charge is -2.24. The van der Waals surface area contributed by atoms with E-state index in [0.717, 1.165) is 35.4 Å². The number of H-pyrrole nitrogens is 1. The summed E-state index contributed by atoms with van der Waals surface area (Å²) in [6, 6.07) is 11.8. The van der Waals surface area contributed by atoms with Gasteiger partial charge in [-0.1, -0.05) is 24.3 Å². The summed E-state index contributed by atoms with van der Waals surface area (Å²) in [5, 5.41) is 6.90. The van der Waals surface area contributed by atoms with E-state index < -0.39 is 18.0 Å². The molecule has 2 aliphatic rings. The number of aryl methyl sites for hydroxylation is 1. The van der Waals surface area contributed by atoms with Gasteiger partial charge < -0.3 is 25.1 Å². The Morgan fingerprint density at radius 3 is 2.71 bits per heavy atom. The number of hydrogen-bond donors (Lipinski definition) is 3. The average molecular weight is 477 g/mol. The number of rotatable bonds is 7. The number of ether oxygens (including phenoxy) is 2. The lowest BCUT2D eigenvalue weighted by atomic mass is 9.91. The first-order valence-electron chi connectivity index (χ1n) is 11.7. The van der Waals surface area contributed by atoms with Crippen LogP contribution in [0.4, 0.5) is 4.79 Å². The highest BCUT2D eigenvalue weighted by molar-refractivity contribution is 6.05. The van der Waals surface area contributed by atoms with E-state index >= 15 is 0 Å². The lowest BCUT2D eigenvalue weighted by molar-refractivity contribution is -0.131. The Morgan fingerprint density at radius 1 is 1.11 bits per heavy atom. The number of para-hydroxylation sites is 1. The molecular weight excluding hydrogens is 448 g/mol. The first kappa shape index (κ1) is 22.8. The largest absolute Gasteiger partial charge is 0.493 e. The van der Waals surface area contributed by atoms with Gasteiger partial charge in [-0.25, -0.2) is 4.79 Å². The molecule has 0 bridgehead atoms. The Hall–Kier alpha value is -4.01. The molecule has 9 heteroatoms. The minimum absolute atomic E-state index is 0.0736. The van der Waals surface area contributed by atoms with Crippen molar-refractivity contribution in [2.75, 3.05) is 14.2 Å². The quantitative estimate of drug-likeness (QED) is 0.454. The van der Waals surface area contributed by atoms with Crippen LogP contribution in [0.3, 0.4) is 0 Å². The smallest absolute Gasteiger partial charge is 0.325 e. The number of nitrogens with one attached hydrogen (secondary N) is 3. The highest BCUT2D eigenvalue weighted by Gasteiger charge is 2.39. The molecule has 2 aromatic carbocycles. The van der Waals surface area contributed by atoms with Gasteiger partial charge in [0.2, 0.25) is 5.91 Å². The molecule has 0 saturated carbocycles. The SMILES string of the molecule is COc1ccc(CN2C(=O)N[C@H](CC(=O)NC3CCCc4c3[nH]c3ccccc43)C2=O)cc1OC. The van der Waals surface area contributed by atoms with E-state index in [1.54, 1.807) is 18.2 Å². The predicted octanol–water partition coefficient (Wildman–Crippen LogP) is 3.19. The molecule has 0 spiro atoms. The molecule has 1 aliphatic carbocycles.